The second-order valence-electron chi connectivity index (χ2n) is 5.65. The third kappa shape index (κ3) is 5.28. The van der Waals surface area contributed by atoms with Crippen molar-refractivity contribution in [3.05, 3.63) is 0 Å². The van der Waals surface area contributed by atoms with Crippen molar-refractivity contribution in [2.24, 2.45) is 17.6 Å². The van der Waals surface area contributed by atoms with E-state index in [9.17, 15) is 0 Å². The molecule has 1 saturated heterocycles. The van der Waals surface area contributed by atoms with Gasteiger partial charge in [0.2, 0.25) is 0 Å². The normalized spacial score (nSPS) is 21.6. The van der Waals surface area contributed by atoms with Crippen LogP contribution in [0.15, 0.2) is 0 Å². The summed E-state index contributed by atoms with van der Waals surface area (Å²) < 4.78 is 0. The van der Waals surface area contributed by atoms with E-state index in [1.807, 2.05) is 0 Å². The summed E-state index contributed by atoms with van der Waals surface area (Å²) in [6.07, 6.45) is 3.88. The van der Waals surface area contributed by atoms with E-state index in [1.54, 1.807) is 0 Å². The summed E-state index contributed by atoms with van der Waals surface area (Å²) in [6.45, 7) is 8.14. The van der Waals surface area contributed by atoms with Gasteiger partial charge in [0.1, 0.15) is 0 Å². The lowest BCUT2D eigenvalue weighted by Crippen LogP contribution is -2.37. The highest BCUT2D eigenvalue weighted by Crippen LogP contribution is 2.17. The van der Waals surface area contributed by atoms with E-state index in [0.29, 0.717) is 0 Å². The molecule has 1 fully saturated rings. The molecule has 0 aromatic rings. The number of piperidine rings is 1. The third-order valence-electron chi connectivity index (χ3n) is 3.69. The molecule has 2 N–H and O–H groups in total. The largest absolute Gasteiger partial charge is 0.330 e. The topological polar surface area (TPSA) is 32.5 Å². The Morgan fingerprint density at radius 1 is 1.38 bits per heavy atom. The van der Waals surface area contributed by atoms with Crippen LogP contribution in [0.25, 0.3) is 0 Å². The fourth-order valence-corrected chi connectivity index (χ4v) is 2.67. The first kappa shape index (κ1) is 13.9. The average Bonchev–Trinajstić information content (AvgIpc) is 2.21. The molecule has 0 aromatic carbocycles. The van der Waals surface area contributed by atoms with Gasteiger partial charge in [0.15, 0.2) is 0 Å². The van der Waals surface area contributed by atoms with Crippen molar-refractivity contribution in [3.8, 4) is 0 Å². The van der Waals surface area contributed by atoms with E-state index in [1.165, 1.54) is 39.0 Å². The maximum Gasteiger partial charge on any atom is 0.000767 e. The number of rotatable bonds is 6. The minimum Gasteiger partial charge on any atom is -0.330 e. The molecule has 1 atom stereocenters. The number of nitrogens with zero attached hydrogens (tertiary/aromatic N) is 2. The quantitative estimate of drug-likeness (QED) is 0.741. The maximum atomic E-state index is 5.58. The van der Waals surface area contributed by atoms with Crippen LogP contribution in [-0.4, -0.2) is 56.6 Å². The van der Waals surface area contributed by atoms with E-state index in [4.69, 9.17) is 5.73 Å². The monoisotopic (exact) mass is 227 g/mol. The van der Waals surface area contributed by atoms with Crippen molar-refractivity contribution in [2.75, 3.05) is 46.8 Å². The van der Waals surface area contributed by atoms with Crippen molar-refractivity contribution in [2.45, 2.75) is 26.2 Å². The van der Waals surface area contributed by atoms with Gasteiger partial charge in [0, 0.05) is 13.1 Å². The first-order valence-electron chi connectivity index (χ1n) is 6.69. The van der Waals surface area contributed by atoms with Gasteiger partial charge in [-0.3, -0.25) is 0 Å². The minimum atomic E-state index is 0.737. The average molecular weight is 227 g/mol. The molecule has 96 valence electrons. The van der Waals surface area contributed by atoms with Crippen molar-refractivity contribution in [1.82, 2.24) is 9.80 Å². The van der Waals surface area contributed by atoms with E-state index in [0.717, 1.165) is 24.8 Å². The Hall–Kier alpha value is -0.120. The molecule has 16 heavy (non-hydrogen) atoms. The first-order chi connectivity index (χ1) is 7.61. The Morgan fingerprint density at radius 2 is 2.00 bits per heavy atom. The molecule has 1 aliphatic rings. The Labute approximate surface area is 101 Å². The number of likely N-dealkylation sites (tertiary alicyclic amines) is 1. The zero-order chi connectivity index (χ0) is 12.0. The second-order valence-corrected chi connectivity index (χ2v) is 5.65. The van der Waals surface area contributed by atoms with Gasteiger partial charge in [-0.25, -0.2) is 0 Å². The molecule has 0 aromatic heterocycles. The second kappa shape index (κ2) is 7.25. The Kier molecular flexibility index (Phi) is 6.32. The van der Waals surface area contributed by atoms with Gasteiger partial charge in [-0.1, -0.05) is 6.92 Å². The zero-order valence-corrected chi connectivity index (χ0v) is 11.3. The molecular weight excluding hydrogens is 198 g/mol. The minimum absolute atomic E-state index is 0.737. The highest BCUT2D eigenvalue weighted by atomic mass is 15.1. The molecule has 0 saturated carbocycles. The van der Waals surface area contributed by atoms with Crippen molar-refractivity contribution in [1.29, 1.82) is 0 Å². The van der Waals surface area contributed by atoms with E-state index in [2.05, 4.69) is 30.8 Å². The van der Waals surface area contributed by atoms with E-state index < -0.39 is 0 Å². The fraction of sp³-hybridized carbons (Fsp3) is 1.00. The van der Waals surface area contributed by atoms with Gasteiger partial charge in [-0.05, 0) is 64.8 Å². The molecule has 1 heterocycles. The number of nitrogens with two attached hydrogens (primary N) is 1. The smallest absolute Gasteiger partial charge is 0.000767 e. The summed E-state index contributed by atoms with van der Waals surface area (Å²) in [4.78, 5) is 4.93. The SMILES string of the molecule is CC(CCN)CN(C)CC1CCN(C)CC1. The molecular formula is C13H29N3. The lowest BCUT2D eigenvalue weighted by Gasteiger charge is -2.32. The van der Waals surface area contributed by atoms with Gasteiger partial charge in [0.05, 0.1) is 0 Å². The Bertz CT molecular complexity index is 176. The first-order valence-corrected chi connectivity index (χ1v) is 6.69. The zero-order valence-electron chi connectivity index (χ0n) is 11.3. The molecule has 1 unspecified atom stereocenters. The van der Waals surface area contributed by atoms with Gasteiger partial charge < -0.3 is 15.5 Å². The van der Waals surface area contributed by atoms with Gasteiger partial charge in [-0.2, -0.15) is 0 Å². The third-order valence-corrected chi connectivity index (χ3v) is 3.69. The van der Waals surface area contributed by atoms with Gasteiger partial charge in [0.25, 0.3) is 0 Å². The standard InChI is InChI=1S/C13H29N3/c1-12(4-7-14)10-16(3)11-13-5-8-15(2)9-6-13/h12-13H,4-11,14H2,1-3H3. The molecule has 0 radical (unpaired) electrons. The molecule has 0 bridgehead atoms. The van der Waals surface area contributed by atoms with Gasteiger partial charge >= 0.3 is 0 Å². The molecule has 3 heteroatoms. The molecule has 0 aliphatic carbocycles. The van der Waals surface area contributed by atoms with Crippen molar-refractivity contribution in [3.63, 3.8) is 0 Å². The summed E-state index contributed by atoms with van der Waals surface area (Å²) >= 11 is 0. The molecule has 1 rings (SSSR count). The van der Waals surface area contributed by atoms with E-state index >= 15 is 0 Å². The molecule has 1 aliphatic heterocycles. The molecule has 3 nitrogen and oxygen atoms in total. The predicted octanol–water partition coefficient (Wildman–Crippen LogP) is 1.24. The predicted molar refractivity (Wildman–Crippen MR) is 70.6 cm³/mol. The van der Waals surface area contributed by atoms with Crippen LogP contribution in [0.3, 0.4) is 0 Å². The molecule has 0 amide bonds. The van der Waals surface area contributed by atoms with Crippen LogP contribution in [-0.2, 0) is 0 Å². The van der Waals surface area contributed by atoms with Gasteiger partial charge in [-0.15, -0.1) is 0 Å². The maximum absolute atomic E-state index is 5.58. The van der Waals surface area contributed by atoms with Crippen LogP contribution in [0, 0.1) is 11.8 Å². The lowest BCUT2D eigenvalue weighted by atomic mass is 9.96. The van der Waals surface area contributed by atoms with Crippen molar-refractivity contribution < 1.29 is 0 Å². The fourth-order valence-electron chi connectivity index (χ4n) is 2.67. The Morgan fingerprint density at radius 3 is 2.56 bits per heavy atom. The Balaban J connectivity index is 2.15. The highest BCUT2D eigenvalue weighted by Gasteiger charge is 2.18. The lowest BCUT2D eigenvalue weighted by molar-refractivity contribution is 0.166. The van der Waals surface area contributed by atoms with Crippen LogP contribution in [0.2, 0.25) is 0 Å². The van der Waals surface area contributed by atoms with Crippen LogP contribution >= 0.6 is 0 Å². The summed E-state index contributed by atoms with van der Waals surface area (Å²) in [5, 5.41) is 0. The van der Waals surface area contributed by atoms with Crippen molar-refractivity contribution >= 4 is 0 Å². The van der Waals surface area contributed by atoms with Crippen LogP contribution < -0.4 is 5.73 Å². The number of hydrogen-bond acceptors (Lipinski definition) is 3. The summed E-state index contributed by atoms with van der Waals surface area (Å²) in [6, 6.07) is 0. The number of hydrogen-bond donors (Lipinski definition) is 1. The summed E-state index contributed by atoms with van der Waals surface area (Å²) in [7, 11) is 4.48. The van der Waals surface area contributed by atoms with E-state index in [-0.39, 0.29) is 0 Å². The van der Waals surface area contributed by atoms with Crippen LogP contribution in [0.4, 0.5) is 0 Å². The van der Waals surface area contributed by atoms with Crippen LogP contribution in [0.5, 0.6) is 0 Å². The van der Waals surface area contributed by atoms with Crippen LogP contribution in [0.1, 0.15) is 26.2 Å². The molecule has 0 spiro atoms. The highest BCUT2D eigenvalue weighted by molar-refractivity contribution is 4.73. The summed E-state index contributed by atoms with van der Waals surface area (Å²) in [5.41, 5.74) is 5.58. The summed E-state index contributed by atoms with van der Waals surface area (Å²) in [5.74, 6) is 1.65.